The highest BCUT2D eigenvalue weighted by molar-refractivity contribution is 7.11. The van der Waals surface area contributed by atoms with Crippen LogP contribution in [0.3, 0.4) is 0 Å². The maximum atomic E-state index is 11.9. The minimum absolute atomic E-state index is 0.164. The lowest BCUT2D eigenvalue weighted by Gasteiger charge is -2.39. The molecule has 1 fully saturated rings. The van der Waals surface area contributed by atoms with Crippen LogP contribution in [0, 0.1) is 0 Å². The minimum Gasteiger partial charge on any atom is -0.382 e. The third-order valence-electron chi connectivity index (χ3n) is 3.25. The van der Waals surface area contributed by atoms with Gasteiger partial charge >= 0.3 is 0 Å². The standard InChI is InChI=1S/C11H19N5OS/c1-7-6-15(3)4-5-16(7)11-8(10(17)13-2)9(12)14-18-11/h7H,4-6H2,1-3H3,(H2,12,14)(H,13,17). The predicted molar refractivity (Wildman–Crippen MR) is 74.2 cm³/mol. The van der Waals surface area contributed by atoms with E-state index in [1.165, 1.54) is 11.5 Å². The van der Waals surface area contributed by atoms with Gasteiger partial charge in [-0.3, -0.25) is 4.79 Å². The van der Waals surface area contributed by atoms with Crippen LogP contribution in [0.25, 0.3) is 0 Å². The predicted octanol–water partition coefficient (Wildman–Crippen LogP) is 0.225. The van der Waals surface area contributed by atoms with Crippen molar-refractivity contribution in [2.45, 2.75) is 13.0 Å². The number of nitrogens with one attached hydrogen (secondary N) is 1. The van der Waals surface area contributed by atoms with Crippen LogP contribution in [0.5, 0.6) is 0 Å². The molecule has 1 aliphatic heterocycles. The van der Waals surface area contributed by atoms with Gasteiger partial charge in [-0.1, -0.05) is 0 Å². The van der Waals surface area contributed by atoms with E-state index in [0.29, 0.717) is 17.4 Å². The summed E-state index contributed by atoms with van der Waals surface area (Å²) in [5.74, 6) is 0.155. The van der Waals surface area contributed by atoms with Crippen molar-refractivity contribution in [1.82, 2.24) is 14.6 Å². The van der Waals surface area contributed by atoms with Crippen LogP contribution >= 0.6 is 11.5 Å². The van der Waals surface area contributed by atoms with Crippen LogP contribution in [-0.4, -0.2) is 55.0 Å². The molecule has 1 unspecified atom stereocenters. The minimum atomic E-state index is -0.164. The number of nitrogens with two attached hydrogens (primary N) is 1. The summed E-state index contributed by atoms with van der Waals surface area (Å²) in [5.41, 5.74) is 6.31. The monoisotopic (exact) mass is 269 g/mol. The van der Waals surface area contributed by atoms with Gasteiger partial charge in [0.1, 0.15) is 10.6 Å². The third kappa shape index (κ3) is 2.28. The summed E-state index contributed by atoms with van der Waals surface area (Å²) in [6.07, 6.45) is 0. The fraction of sp³-hybridized carbons (Fsp3) is 0.636. The molecule has 0 aliphatic carbocycles. The molecule has 0 spiro atoms. The van der Waals surface area contributed by atoms with Crippen LogP contribution < -0.4 is 16.0 Å². The summed E-state index contributed by atoms with van der Waals surface area (Å²) in [7, 11) is 3.71. The first-order chi connectivity index (χ1) is 8.54. The molecule has 0 aromatic carbocycles. The highest BCUT2D eigenvalue weighted by Crippen LogP contribution is 2.32. The van der Waals surface area contributed by atoms with E-state index in [0.717, 1.165) is 24.6 Å². The molecule has 1 amide bonds. The molecule has 0 radical (unpaired) electrons. The first-order valence-electron chi connectivity index (χ1n) is 5.97. The van der Waals surface area contributed by atoms with Crippen molar-refractivity contribution in [2.24, 2.45) is 0 Å². The van der Waals surface area contributed by atoms with Crippen LogP contribution in [0.15, 0.2) is 0 Å². The summed E-state index contributed by atoms with van der Waals surface area (Å²) in [4.78, 5) is 16.4. The number of piperazine rings is 1. The van der Waals surface area contributed by atoms with Gasteiger partial charge in [0.25, 0.3) is 5.91 Å². The molecular formula is C11H19N5OS. The van der Waals surface area contributed by atoms with E-state index in [4.69, 9.17) is 5.73 Å². The average Bonchev–Trinajstić information content (AvgIpc) is 2.70. The second kappa shape index (κ2) is 5.11. The van der Waals surface area contributed by atoms with Crippen LogP contribution in [-0.2, 0) is 0 Å². The van der Waals surface area contributed by atoms with Crippen molar-refractivity contribution in [3.63, 3.8) is 0 Å². The van der Waals surface area contributed by atoms with Gasteiger partial charge in [0.2, 0.25) is 0 Å². The summed E-state index contributed by atoms with van der Waals surface area (Å²) >= 11 is 1.30. The Balaban J connectivity index is 2.31. The van der Waals surface area contributed by atoms with Crippen molar-refractivity contribution in [3.05, 3.63) is 5.56 Å². The number of rotatable bonds is 2. The van der Waals surface area contributed by atoms with E-state index < -0.39 is 0 Å². The molecule has 0 saturated carbocycles. The van der Waals surface area contributed by atoms with Gasteiger partial charge in [-0.05, 0) is 25.5 Å². The summed E-state index contributed by atoms with van der Waals surface area (Å²) in [5, 5.41) is 3.50. The number of carbonyl (C=O) groups excluding carboxylic acids is 1. The molecule has 1 saturated heterocycles. The molecule has 2 heterocycles. The number of aromatic nitrogens is 1. The van der Waals surface area contributed by atoms with Gasteiger partial charge in [-0.15, -0.1) is 0 Å². The van der Waals surface area contributed by atoms with E-state index >= 15 is 0 Å². The molecule has 100 valence electrons. The maximum absolute atomic E-state index is 11.9. The van der Waals surface area contributed by atoms with Crippen molar-refractivity contribution < 1.29 is 4.79 Å². The Morgan fingerprint density at radius 1 is 1.56 bits per heavy atom. The van der Waals surface area contributed by atoms with Crippen LogP contribution in [0.1, 0.15) is 17.3 Å². The topological polar surface area (TPSA) is 74.5 Å². The average molecular weight is 269 g/mol. The maximum Gasteiger partial charge on any atom is 0.257 e. The van der Waals surface area contributed by atoms with Crippen molar-refractivity contribution >= 4 is 28.3 Å². The Morgan fingerprint density at radius 2 is 2.28 bits per heavy atom. The largest absolute Gasteiger partial charge is 0.382 e. The fourth-order valence-corrected chi connectivity index (χ4v) is 3.21. The third-order valence-corrected chi connectivity index (χ3v) is 4.15. The van der Waals surface area contributed by atoms with Gasteiger partial charge in [0.15, 0.2) is 5.82 Å². The Kier molecular flexibility index (Phi) is 3.72. The summed E-state index contributed by atoms with van der Waals surface area (Å²) in [6.45, 7) is 5.00. The molecule has 1 aromatic rings. The van der Waals surface area contributed by atoms with Gasteiger partial charge in [-0.2, -0.15) is 4.37 Å². The number of anilines is 2. The SMILES string of the molecule is CNC(=O)c1c(N)nsc1N1CCN(C)CC1C. The van der Waals surface area contributed by atoms with Gasteiger partial charge < -0.3 is 20.9 Å². The Labute approximate surface area is 111 Å². The number of amides is 1. The highest BCUT2D eigenvalue weighted by atomic mass is 32.1. The second-order valence-electron chi connectivity index (χ2n) is 4.63. The molecule has 1 aromatic heterocycles. The van der Waals surface area contributed by atoms with E-state index in [-0.39, 0.29) is 5.91 Å². The van der Waals surface area contributed by atoms with Crippen molar-refractivity contribution in [1.29, 1.82) is 0 Å². The zero-order valence-electron chi connectivity index (χ0n) is 10.9. The lowest BCUT2D eigenvalue weighted by molar-refractivity contribution is 0.0964. The number of nitrogen functional groups attached to an aromatic ring is 1. The molecule has 18 heavy (non-hydrogen) atoms. The van der Waals surface area contributed by atoms with Crippen molar-refractivity contribution in [2.75, 3.05) is 44.4 Å². The summed E-state index contributed by atoms with van der Waals surface area (Å²) in [6, 6.07) is 0.354. The van der Waals surface area contributed by atoms with Crippen molar-refractivity contribution in [3.8, 4) is 0 Å². The lowest BCUT2D eigenvalue weighted by atomic mass is 10.2. The molecule has 0 bridgehead atoms. The van der Waals surface area contributed by atoms with Crippen LogP contribution in [0.2, 0.25) is 0 Å². The molecule has 6 nitrogen and oxygen atoms in total. The number of likely N-dealkylation sites (N-methyl/N-ethyl adjacent to an activating group) is 1. The zero-order valence-corrected chi connectivity index (χ0v) is 11.8. The van der Waals surface area contributed by atoms with Gasteiger partial charge in [0, 0.05) is 32.7 Å². The zero-order chi connectivity index (χ0) is 13.3. The lowest BCUT2D eigenvalue weighted by Crippen LogP contribution is -2.50. The number of nitrogens with zero attached hydrogens (tertiary/aromatic N) is 3. The number of hydrogen-bond donors (Lipinski definition) is 2. The van der Waals surface area contributed by atoms with E-state index in [1.54, 1.807) is 7.05 Å². The van der Waals surface area contributed by atoms with Crippen LogP contribution in [0.4, 0.5) is 10.8 Å². The Bertz CT molecular complexity index is 447. The first-order valence-corrected chi connectivity index (χ1v) is 6.74. The van der Waals surface area contributed by atoms with Gasteiger partial charge in [0.05, 0.1) is 0 Å². The number of hydrogen-bond acceptors (Lipinski definition) is 6. The molecule has 1 aliphatic rings. The number of carbonyl (C=O) groups is 1. The quantitative estimate of drug-likeness (QED) is 0.803. The Hall–Kier alpha value is -1.34. The van der Waals surface area contributed by atoms with E-state index in [9.17, 15) is 4.79 Å². The fourth-order valence-electron chi connectivity index (χ4n) is 2.27. The van der Waals surface area contributed by atoms with E-state index in [2.05, 4.69) is 33.5 Å². The molecule has 3 N–H and O–H groups in total. The van der Waals surface area contributed by atoms with E-state index in [1.807, 2.05) is 0 Å². The molecule has 2 rings (SSSR count). The van der Waals surface area contributed by atoms with Gasteiger partial charge in [-0.25, -0.2) is 0 Å². The molecule has 1 atom stereocenters. The normalized spacial score (nSPS) is 21.1. The Morgan fingerprint density at radius 3 is 2.89 bits per heavy atom. The smallest absolute Gasteiger partial charge is 0.257 e. The molecule has 7 heteroatoms. The highest BCUT2D eigenvalue weighted by Gasteiger charge is 2.28. The summed E-state index contributed by atoms with van der Waals surface area (Å²) < 4.78 is 4.12. The first kappa shape index (κ1) is 13.1. The second-order valence-corrected chi connectivity index (χ2v) is 5.38. The molecular weight excluding hydrogens is 250 g/mol.